The van der Waals surface area contributed by atoms with Crippen LogP contribution in [0.15, 0.2) is 91.1 Å². The number of nitrogens with zero attached hydrogens (tertiary/aromatic N) is 5. The Kier molecular flexibility index (Phi) is 5.00. The van der Waals surface area contributed by atoms with Crippen molar-refractivity contribution in [2.75, 3.05) is 5.73 Å². The number of carbonyl (C=O) groups is 1. The molecule has 0 radical (unpaired) electrons. The van der Waals surface area contributed by atoms with Crippen molar-refractivity contribution in [3.8, 4) is 17.0 Å². The zero-order valence-electron chi connectivity index (χ0n) is 20.1. The fourth-order valence-electron chi connectivity index (χ4n) is 5.13. The van der Waals surface area contributed by atoms with E-state index in [1.807, 2.05) is 72.8 Å². The smallest absolute Gasteiger partial charge is 0.164 e. The number of aromatic amines is 1. The van der Waals surface area contributed by atoms with Crippen molar-refractivity contribution in [2.45, 2.75) is 12.5 Å². The fourth-order valence-corrected chi connectivity index (χ4v) is 5.13. The Morgan fingerprint density at radius 1 is 1.00 bits per heavy atom. The van der Waals surface area contributed by atoms with Crippen LogP contribution in [-0.2, 0) is 11.3 Å². The minimum absolute atomic E-state index is 0.238. The van der Waals surface area contributed by atoms with Gasteiger partial charge in [0.1, 0.15) is 42.2 Å². The second-order valence-corrected chi connectivity index (χ2v) is 9.09. The van der Waals surface area contributed by atoms with Crippen LogP contribution in [0, 0.1) is 0 Å². The number of nitrogen functional groups attached to an aromatic ring is 1. The van der Waals surface area contributed by atoms with Crippen molar-refractivity contribution in [3.63, 3.8) is 0 Å². The molecule has 0 saturated heterocycles. The van der Waals surface area contributed by atoms with Gasteiger partial charge in [-0.3, -0.25) is 5.10 Å². The summed E-state index contributed by atoms with van der Waals surface area (Å²) in [5.41, 5.74) is 11.8. The Morgan fingerprint density at radius 2 is 1.84 bits per heavy atom. The minimum Gasteiger partial charge on any atom is -0.459 e. The molecule has 1 unspecified atom stereocenters. The quantitative estimate of drug-likeness (QED) is 0.328. The van der Waals surface area contributed by atoms with Crippen molar-refractivity contribution < 1.29 is 9.53 Å². The molecular weight excluding hydrogens is 478 g/mol. The van der Waals surface area contributed by atoms with Gasteiger partial charge in [0.15, 0.2) is 5.65 Å². The predicted molar refractivity (Wildman–Crippen MR) is 144 cm³/mol. The van der Waals surface area contributed by atoms with E-state index >= 15 is 0 Å². The number of nitrogens with two attached hydrogens (primary N) is 1. The highest BCUT2D eigenvalue weighted by Crippen LogP contribution is 2.43. The van der Waals surface area contributed by atoms with Crippen molar-refractivity contribution in [1.82, 2.24) is 29.9 Å². The SMILES string of the molecule is Nc1ncnc2c1c(-c1ccc3cn[nH]c3c1)nn2CC1=C(c2ccccc2)C(C=O)c2ccccc2O1. The van der Waals surface area contributed by atoms with Gasteiger partial charge in [-0.1, -0.05) is 60.7 Å². The summed E-state index contributed by atoms with van der Waals surface area (Å²) in [6.45, 7) is 0.238. The van der Waals surface area contributed by atoms with Crippen LogP contribution in [-0.4, -0.2) is 36.2 Å². The van der Waals surface area contributed by atoms with Gasteiger partial charge in [0.25, 0.3) is 0 Å². The van der Waals surface area contributed by atoms with Crippen LogP contribution in [0.4, 0.5) is 5.82 Å². The molecular formula is C29H21N7O2. The van der Waals surface area contributed by atoms with Gasteiger partial charge in [-0.15, -0.1) is 0 Å². The molecule has 6 aromatic rings. The number of aromatic nitrogens is 6. The summed E-state index contributed by atoms with van der Waals surface area (Å²) >= 11 is 0. The minimum atomic E-state index is -0.485. The molecule has 0 amide bonds. The van der Waals surface area contributed by atoms with E-state index in [4.69, 9.17) is 15.6 Å². The lowest BCUT2D eigenvalue weighted by molar-refractivity contribution is -0.108. The molecule has 0 aliphatic carbocycles. The summed E-state index contributed by atoms with van der Waals surface area (Å²) in [5.74, 6) is 1.11. The number of fused-ring (bicyclic) bond motifs is 3. The topological polar surface area (TPSA) is 125 Å². The predicted octanol–water partition coefficient (Wildman–Crippen LogP) is 4.74. The molecule has 1 aliphatic rings. The lowest BCUT2D eigenvalue weighted by atomic mass is 9.84. The normalized spacial score (nSPS) is 15.0. The largest absolute Gasteiger partial charge is 0.459 e. The van der Waals surface area contributed by atoms with E-state index < -0.39 is 5.92 Å². The second kappa shape index (κ2) is 8.67. The third-order valence-corrected chi connectivity index (χ3v) is 6.89. The molecule has 9 nitrogen and oxygen atoms in total. The maximum absolute atomic E-state index is 12.5. The Labute approximate surface area is 216 Å². The van der Waals surface area contributed by atoms with Crippen molar-refractivity contribution in [3.05, 3.63) is 102 Å². The highest BCUT2D eigenvalue weighted by atomic mass is 16.5. The number of H-pyrrole nitrogens is 1. The Morgan fingerprint density at radius 3 is 2.71 bits per heavy atom. The first-order chi connectivity index (χ1) is 18.7. The fraction of sp³-hybridized carbons (Fsp3) is 0.0690. The number of benzene rings is 3. The Hall–Kier alpha value is -5.31. The highest BCUT2D eigenvalue weighted by Gasteiger charge is 2.31. The number of allylic oxidation sites excluding steroid dienone is 2. The molecule has 4 heterocycles. The van der Waals surface area contributed by atoms with Gasteiger partial charge in [0, 0.05) is 22.1 Å². The summed E-state index contributed by atoms with van der Waals surface area (Å²) in [4.78, 5) is 21.2. The molecule has 38 heavy (non-hydrogen) atoms. The molecule has 0 bridgehead atoms. The van der Waals surface area contributed by atoms with Gasteiger partial charge in [-0.2, -0.15) is 10.2 Å². The summed E-state index contributed by atoms with van der Waals surface area (Å²) in [6, 6.07) is 23.3. The second-order valence-electron chi connectivity index (χ2n) is 9.09. The zero-order chi connectivity index (χ0) is 25.6. The number of hydrogen-bond donors (Lipinski definition) is 2. The average molecular weight is 500 g/mol. The molecule has 184 valence electrons. The molecule has 0 spiro atoms. The van der Waals surface area contributed by atoms with Crippen LogP contribution in [0.3, 0.4) is 0 Å². The van der Waals surface area contributed by atoms with Crippen molar-refractivity contribution >= 4 is 39.6 Å². The van der Waals surface area contributed by atoms with Crippen LogP contribution in [0.1, 0.15) is 17.0 Å². The van der Waals surface area contributed by atoms with E-state index in [0.717, 1.165) is 39.5 Å². The molecule has 7 rings (SSSR count). The van der Waals surface area contributed by atoms with Gasteiger partial charge in [0.05, 0.1) is 23.0 Å². The van der Waals surface area contributed by atoms with Crippen LogP contribution >= 0.6 is 0 Å². The first-order valence-electron chi connectivity index (χ1n) is 12.1. The third kappa shape index (κ3) is 3.44. The molecule has 3 aromatic carbocycles. The summed E-state index contributed by atoms with van der Waals surface area (Å²) in [6.07, 6.45) is 4.16. The molecule has 3 N–H and O–H groups in total. The van der Waals surface area contributed by atoms with Gasteiger partial charge < -0.3 is 15.3 Å². The maximum atomic E-state index is 12.5. The van der Waals surface area contributed by atoms with Gasteiger partial charge >= 0.3 is 0 Å². The summed E-state index contributed by atoms with van der Waals surface area (Å²) < 4.78 is 8.21. The Balaban J connectivity index is 1.42. The van der Waals surface area contributed by atoms with E-state index in [-0.39, 0.29) is 6.54 Å². The number of anilines is 1. The van der Waals surface area contributed by atoms with Crippen LogP contribution in [0.2, 0.25) is 0 Å². The van der Waals surface area contributed by atoms with Crippen molar-refractivity contribution in [1.29, 1.82) is 0 Å². The molecule has 1 aliphatic heterocycles. The van der Waals surface area contributed by atoms with Crippen LogP contribution in [0.5, 0.6) is 5.75 Å². The standard InChI is InChI=1S/C29H21N7O2/c30-28-26-27(18-10-11-19-13-33-34-22(19)12-18)35-36(29(26)32-16-31-28)14-24-25(17-6-2-1-3-7-17)21(15-37)20-8-4-5-9-23(20)38-24/h1-13,15-16,21H,14H2,(H,33,34)(H2,30,31,32). The lowest BCUT2D eigenvalue weighted by Crippen LogP contribution is -2.20. The number of ether oxygens (including phenoxy) is 1. The van der Waals surface area contributed by atoms with Gasteiger partial charge in [-0.25, -0.2) is 14.6 Å². The third-order valence-electron chi connectivity index (χ3n) is 6.89. The number of hydrogen-bond acceptors (Lipinski definition) is 7. The highest BCUT2D eigenvalue weighted by molar-refractivity contribution is 6.00. The van der Waals surface area contributed by atoms with E-state index in [0.29, 0.717) is 34.1 Å². The van der Waals surface area contributed by atoms with Crippen molar-refractivity contribution in [2.24, 2.45) is 0 Å². The number of carbonyl (C=O) groups excluding carboxylic acids is 1. The van der Waals surface area contributed by atoms with E-state index in [9.17, 15) is 4.79 Å². The molecule has 0 fully saturated rings. The Bertz CT molecular complexity index is 1870. The van der Waals surface area contributed by atoms with E-state index in [1.165, 1.54) is 6.33 Å². The first kappa shape index (κ1) is 21.9. The summed E-state index contributed by atoms with van der Waals surface area (Å²) in [5, 5.41) is 13.7. The maximum Gasteiger partial charge on any atom is 0.164 e. The number of nitrogens with one attached hydrogen (secondary N) is 1. The average Bonchev–Trinajstić information content (AvgIpc) is 3.58. The number of para-hydroxylation sites is 1. The van der Waals surface area contributed by atoms with Gasteiger partial charge in [-0.05, 0) is 17.7 Å². The molecule has 9 heteroatoms. The van der Waals surface area contributed by atoms with Crippen LogP contribution < -0.4 is 10.5 Å². The summed E-state index contributed by atoms with van der Waals surface area (Å²) in [7, 11) is 0. The number of rotatable bonds is 5. The first-order valence-corrected chi connectivity index (χ1v) is 12.1. The molecule has 0 saturated carbocycles. The van der Waals surface area contributed by atoms with E-state index in [1.54, 1.807) is 10.9 Å². The zero-order valence-corrected chi connectivity index (χ0v) is 20.1. The molecule has 1 atom stereocenters. The lowest BCUT2D eigenvalue weighted by Gasteiger charge is -2.28. The number of aldehydes is 1. The van der Waals surface area contributed by atoms with Gasteiger partial charge in [0.2, 0.25) is 0 Å². The van der Waals surface area contributed by atoms with Crippen LogP contribution in [0.25, 0.3) is 38.8 Å². The monoisotopic (exact) mass is 499 g/mol. The van der Waals surface area contributed by atoms with E-state index in [2.05, 4.69) is 20.2 Å². The molecule has 3 aromatic heterocycles.